The molecule has 0 spiro atoms. The van der Waals surface area contributed by atoms with Gasteiger partial charge in [0, 0.05) is 19.2 Å². The molecule has 1 aromatic carbocycles. The van der Waals surface area contributed by atoms with Crippen molar-refractivity contribution in [3.8, 4) is 5.75 Å². The Morgan fingerprint density at radius 2 is 1.85 bits per heavy atom. The Balaban J connectivity index is 1.89. The van der Waals surface area contributed by atoms with E-state index in [1.807, 2.05) is 4.98 Å². The first-order valence-electron chi connectivity index (χ1n) is 12.2. The van der Waals surface area contributed by atoms with E-state index in [4.69, 9.17) is 23.3 Å². The number of aromatic nitrogens is 2. The van der Waals surface area contributed by atoms with Gasteiger partial charge < -0.3 is 18.7 Å². The first kappa shape index (κ1) is 30.3. The summed E-state index contributed by atoms with van der Waals surface area (Å²) in [5.74, 6) is -2.15. The summed E-state index contributed by atoms with van der Waals surface area (Å²) >= 11 is 0. The zero-order chi connectivity index (χ0) is 29.0. The van der Waals surface area contributed by atoms with Gasteiger partial charge in [0.05, 0.1) is 24.8 Å². The van der Waals surface area contributed by atoms with Crippen LogP contribution in [-0.2, 0) is 32.9 Å². The highest BCUT2D eigenvalue weighted by molar-refractivity contribution is 7.54. The molecule has 39 heavy (non-hydrogen) atoms. The number of carbonyl (C=O) groups is 2. The molecule has 0 radical (unpaired) electrons. The quantitative estimate of drug-likeness (QED) is 0.315. The molecule has 1 aliphatic rings. The fourth-order valence-corrected chi connectivity index (χ4v) is 5.89. The number of aromatic amines is 1. The summed E-state index contributed by atoms with van der Waals surface area (Å²) in [6, 6.07) is 9.10. The number of carbonyl (C=O) groups excluding carboxylic acids is 2. The smallest absolute Gasteiger partial charge is 0.380 e. The van der Waals surface area contributed by atoms with Crippen molar-refractivity contribution in [3.63, 3.8) is 0 Å². The van der Waals surface area contributed by atoms with Gasteiger partial charge in [-0.3, -0.25) is 28.5 Å². The summed E-state index contributed by atoms with van der Waals surface area (Å²) in [4.78, 5) is 50.1. The van der Waals surface area contributed by atoms with Gasteiger partial charge in [-0.1, -0.05) is 25.1 Å². The Morgan fingerprint density at radius 1 is 1.18 bits per heavy atom. The maximum Gasteiger partial charge on any atom is 0.380 e. The molecule has 1 fully saturated rings. The fraction of sp³-hybridized carbons (Fsp3) is 0.520. The molecule has 2 aromatic rings. The molecule has 0 saturated carbocycles. The number of benzene rings is 1. The van der Waals surface area contributed by atoms with Crippen molar-refractivity contribution in [2.75, 3.05) is 12.8 Å². The van der Waals surface area contributed by atoms with Crippen molar-refractivity contribution in [1.29, 1.82) is 0 Å². The number of nitrogens with zero attached hydrogens (tertiary/aromatic N) is 1. The molecule has 1 aromatic heterocycles. The van der Waals surface area contributed by atoms with Gasteiger partial charge in [0.2, 0.25) is 0 Å². The predicted molar refractivity (Wildman–Crippen MR) is 136 cm³/mol. The maximum atomic E-state index is 16.0. The lowest BCUT2D eigenvalue weighted by Gasteiger charge is -2.28. The molecule has 0 aliphatic carbocycles. The zero-order valence-electron chi connectivity index (χ0n) is 22.2. The maximum absolute atomic E-state index is 16.0. The van der Waals surface area contributed by atoms with Crippen molar-refractivity contribution in [3.05, 3.63) is 63.4 Å². The number of para-hydroxylation sites is 1. The van der Waals surface area contributed by atoms with E-state index in [1.165, 1.54) is 19.1 Å². The van der Waals surface area contributed by atoms with Crippen molar-refractivity contribution < 1.29 is 41.8 Å². The van der Waals surface area contributed by atoms with E-state index < -0.39 is 73.5 Å². The van der Waals surface area contributed by atoms with E-state index in [1.54, 1.807) is 32.0 Å². The lowest BCUT2D eigenvalue weighted by Crippen LogP contribution is -2.45. The number of nitrogens with one attached hydrogen (secondary N) is 1. The number of hydrogen-bond donors (Lipinski definition) is 1. The summed E-state index contributed by atoms with van der Waals surface area (Å²) in [6.07, 6.45) is -4.31. The molecule has 1 N–H and O–H groups in total. The number of halogens is 1. The first-order chi connectivity index (χ1) is 18.2. The van der Waals surface area contributed by atoms with Crippen LogP contribution in [0.1, 0.15) is 40.8 Å². The van der Waals surface area contributed by atoms with Crippen molar-refractivity contribution in [2.24, 2.45) is 5.92 Å². The Bertz CT molecular complexity index is 1330. The first-order valence-corrected chi connectivity index (χ1v) is 14.0. The third-order valence-electron chi connectivity index (χ3n) is 5.75. The lowest BCUT2D eigenvalue weighted by molar-refractivity contribution is -0.155. The summed E-state index contributed by atoms with van der Waals surface area (Å²) in [5.41, 5.74) is -4.12. The van der Waals surface area contributed by atoms with Gasteiger partial charge in [0.1, 0.15) is 11.9 Å². The Labute approximate surface area is 223 Å². The Hall–Kier alpha value is -3.28. The van der Waals surface area contributed by atoms with Crippen LogP contribution in [0.4, 0.5) is 4.39 Å². The third-order valence-corrected chi connectivity index (χ3v) is 7.78. The van der Waals surface area contributed by atoms with Gasteiger partial charge in [-0.25, -0.2) is 13.8 Å². The monoisotopic (exact) mass is 570 g/mol. The SMILES string of the molecule is CC(=O)OC1[C@@H](COP(=O)(C[C@@H](C)C(=O)OC(C)C)Oc2ccccc2)O[C@@H](n2ccc(=O)[nH]c2=O)[C@@]1(C)F. The summed E-state index contributed by atoms with van der Waals surface area (Å²) in [7, 11) is -4.12. The van der Waals surface area contributed by atoms with Gasteiger partial charge >= 0.3 is 25.2 Å². The van der Waals surface area contributed by atoms with Crippen molar-refractivity contribution in [2.45, 2.75) is 64.8 Å². The summed E-state index contributed by atoms with van der Waals surface area (Å²) < 4.78 is 58.2. The van der Waals surface area contributed by atoms with Crippen LogP contribution in [0.3, 0.4) is 0 Å². The molecule has 6 atom stereocenters. The van der Waals surface area contributed by atoms with Gasteiger partial charge in [-0.15, -0.1) is 0 Å². The van der Waals surface area contributed by atoms with Crippen LogP contribution in [-0.4, -0.2) is 58.2 Å². The van der Waals surface area contributed by atoms with E-state index in [2.05, 4.69) is 0 Å². The van der Waals surface area contributed by atoms with Crippen LogP contribution in [0.15, 0.2) is 52.2 Å². The molecule has 12 nitrogen and oxygen atoms in total. The highest BCUT2D eigenvalue weighted by atomic mass is 31.2. The summed E-state index contributed by atoms with van der Waals surface area (Å²) in [6.45, 7) is 6.38. The molecule has 2 unspecified atom stereocenters. The zero-order valence-corrected chi connectivity index (χ0v) is 23.1. The van der Waals surface area contributed by atoms with Gasteiger partial charge in [0.25, 0.3) is 5.56 Å². The largest absolute Gasteiger partial charge is 0.463 e. The van der Waals surface area contributed by atoms with Crippen LogP contribution in [0.5, 0.6) is 5.75 Å². The van der Waals surface area contributed by atoms with Crippen LogP contribution in [0.25, 0.3) is 0 Å². The van der Waals surface area contributed by atoms with Gasteiger partial charge in [-0.2, -0.15) is 0 Å². The van der Waals surface area contributed by atoms with Crippen LogP contribution in [0, 0.1) is 5.92 Å². The predicted octanol–water partition coefficient (Wildman–Crippen LogP) is 2.97. The van der Waals surface area contributed by atoms with E-state index in [9.17, 15) is 23.7 Å². The Kier molecular flexibility index (Phi) is 9.52. The molecule has 3 rings (SSSR count). The molecule has 1 saturated heterocycles. The van der Waals surface area contributed by atoms with Crippen molar-refractivity contribution >= 4 is 19.5 Å². The molecule has 2 heterocycles. The van der Waals surface area contributed by atoms with E-state index in [0.29, 0.717) is 0 Å². The molecular weight excluding hydrogens is 538 g/mol. The standard InChI is InChI=1S/C25H32FN2O10P/c1-15(2)35-22(31)16(3)14-39(33,38-18-9-7-6-8-10-18)34-13-19-21(36-17(4)29)25(5,26)23(37-19)28-12-11-20(30)27-24(28)32/h6-12,15-16,19,21,23H,13-14H2,1-5H3,(H,27,30,32)/t16-,19-,21?,23-,25+,39?/m1/s1. The highest BCUT2D eigenvalue weighted by Crippen LogP contribution is 2.51. The van der Waals surface area contributed by atoms with Crippen LogP contribution >= 0.6 is 7.60 Å². The third kappa shape index (κ3) is 7.65. The number of alkyl halides is 1. The number of rotatable bonds is 11. The number of H-pyrrole nitrogens is 1. The van der Waals surface area contributed by atoms with E-state index in [-0.39, 0.29) is 11.9 Å². The average Bonchev–Trinajstić information content (AvgIpc) is 3.07. The Morgan fingerprint density at radius 3 is 2.44 bits per heavy atom. The molecule has 214 valence electrons. The highest BCUT2D eigenvalue weighted by Gasteiger charge is 2.58. The molecular formula is C25H32FN2O10P. The topological polar surface area (TPSA) is 152 Å². The fourth-order valence-electron chi connectivity index (χ4n) is 4.02. The summed E-state index contributed by atoms with van der Waals surface area (Å²) in [5, 5.41) is 0. The van der Waals surface area contributed by atoms with Crippen molar-refractivity contribution in [1.82, 2.24) is 9.55 Å². The number of esters is 2. The molecule has 0 amide bonds. The second-order valence-electron chi connectivity index (χ2n) is 9.61. The van der Waals surface area contributed by atoms with Gasteiger partial charge in [0.15, 0.2) is 18.0 Å². The number of ether oxygens (including phenoxy) is 3. The molecule has 0 bridgehead atoms. The van der Waals surface area contributed by atoms with E-state index >= 15 is 4.39 Å². The second-order valence-corrected chi connectivity index (χ2v) is 11.6. The van der Waals surface area contributed by atoms with Crippen LogP contribution in [0.2, 0.25) is 0 Å². The normalized spacial score (nSPS) is 25.1. The van der Waals surface area contributed by atoms with Gasteiger partial charge in [-0.05, 0) is 32.9 Å². The minimum atomic E-state index is -4.12. The molecule has 1 aliphatic heterocycles. The van der Waals surface area contributed by atoms with E-state index in [0.717, 1.165) is 30.7 Å². The average molecular weight is 571 g/mol. The second kappa shape index (κ2) is 12.3. The lowest BCUT2D eigenvalue weighted by atomic mass is 9.98. The van der Waals surface area contributed by atoms with Crippen LogP contribution < -0.4 is 15.8 Å². The minimum absolute atomic E-state index is 0.196. The molecule has 14 heteroatoms. The minimum Gasteiger partial charge on any atom is -0.463 e. The number of hydrogen-bond acceptors (Lipinski definition) is 10.